The van der Waals surface area contributed by atoms with Crippen LogP contribution in [0.2, 0.25) is 0 Å². The van der Waals surface area contributed by atoms with E-state index in [1.54, 1.807) is 12.1 Å². The minimum absolute atomic E-state index is 0.0618. The Bertz CT molecular complexity index is 1070. The zero-order chi connectivity index (χ0) is 18.3. The number of rotatable bonds is 3. The summed E-state index contributed by atoms with van der Waals surface area (Å²) in [6.45, 7) is 4.87. The lowest BCUT2D eigenvalue weighted by Crippen LogP contribution is -2.44. The topological polar surface area (TPSA) is 109 Å². The van der Waals surface area contributed by atoms with Gasteiger partial charge in [-0.2, -0.15) is 4.98 Å². The van der Waals surface area contributed by atoms with Crippen LogP contribution in [0.4, 0.5) is 0 Å². The van der Waals surface area contributed by atoms with Crippen molar-refractivity contribution in [2.45, 2.75) is 19.5 Å². The van der Waals surface area contributed by atoms with E-state index in [0.29, 0.717) is 34.9 Å². The fraction of sp³-hybridized carbons (Fsp3) is 0.412. The number of hydrogen-bond acceptors (Lipinski definition) is 7. The number of likely N-dealkylation sites (N-methyl/N-ethyl adjacent to an activating group) is 1. The Labute approximate surface area is 148 Å². The summed E-state index contributed by atoms with van der Waals surface area (Å²) in [5.41, 5.74) is 0.722. The first-order chi connectivity index (χ1) is 12.6. The molecule has 2 N–H and O–H groups in total. The molecule has 1 fully saturated rings. The van der Waals surface area contributed by atoms with Gasteiger partial charge in [-0.3, -0.25) is 14.5 Å². The van der Waals surface area contributed by atoms with Crippen molar-refractivity contribution in [2.75, 3.05) is 26.7 Å². The molecule has 1 saturated heterocycles. The molecule has 136 valence electrons. The van der Waals surface area contributed by atoms with Gasteiger partial charge in [0.25, 0.3) is 5.89 Å². The highest BCUT2D eigenvalue weighted by Gasteiger charge is 2.25. The highest BCUT2D eigenvalue weighted by molar-refractivity contribution is 5.79. The van der Waals surface area contributed by atoms with Crippen LogP contribution in [-0.4, -0.2) is 51.3 Å². The van der Waals surface area contributed by atoms with Crippen molar-refractivity contribution in [3.63, 3.8) is 0 Å². The van der Waals surface area contributed by atoms with E-state index >= 15 is 0 Å². The van der Waals surface area contributed by atoms with E-state index in [9.17, 15) is 9.59 Å². The molecule has 3 aromatic rings. The van der Waals surface area contributed by atoms with E-state index in [1.165, 1.54) is 4.57 Å². The SMILES string of the molecule is CCn1c(=O)c(=O)[nH]c2cc(-c3nc(C4CNCCN4C)no3)ccc21. The van der Waals surface area contributed by atoms with Gasteiger partial charge in [0, 0.05) is 31.7 Å². The molecule has 1 atom stereocenters. The van der Waals surface area contributed by atoms with Gasteiger partial charge in [0.2, 0.25) is 0 Å². The molecular formula is C17H20N6O3. The summed E-state index contributed by atoms with van der Waals surface area (Å²) >= 11 is 0. The minimum atomic E-state index is -0.641. The van der Waals surface area contributed by atoms with Crippen molar-refractivity contribution in [2.24, 2.45) is 0 Å². The van der Waals surface area contributed by atoms with Crippen LogP contribution in [0, 0.1) is 0 Å². The number of H-pyrrole nitrogens is 1. The zero-order valence-electron chi connectivity index (χ0n) is 14.7. The quantitative estimate of drug-likeness (QED) is 0.651. The predicted molar refractivity (Wildman–Crippen MR) is 96.0 cm³/mol. The summed E-state index contributed by atoms with van der Waals surface area (Å²) in [6.07, 6.45) is 0. The van der Waals surface area contributed by atoms with E-state index in [-0.39, 0.29) is 6.04 Å². The third kappa shape index (κ3) is 2.74. The number of nitrogens with one attached hydrogen (secondary N) is 2. The molecule has 1 unspecified atom stereocenters. The Morgan fingerprint density at radius 2 is 2.19 bits per heavy atom. The maximum absolute atomic E-state index is 11.9. The van der Waals surface area contributed by atoms with E-state index < -0.39 is 11.1 Å². The molecule has 0 radical (unpaired) electrons. The Balaban J connectivity index is 1.75. The molecule has 2 aromatic heterocycles. The Hall–Kier alpha value is -2.78. The molecule has 1 aliphatic heterocycles. The molecule has 0 bridgehead atoms. The zero-order valence-corrected chi connectivity index (χ0v) is 14.7. The normalized spacial score (nSPS) is 18.5. The Morgan fingerprint density at radius 3 is 2.96 bits per heavy atom. The van der Waals surface area contributed by atoms with Crippen LogP contribution in [0.5, 0.6) is 0 Å². The van der Waals surface area contributed by atoms with Gasteiger partial charge in [-0.25, -0.2) is 0 Å². The molecule has 1 aliphatic rings. The third-order valence-electron chi connectivity index (χ3n) is 4.79. The maximum Gasteiger partial charge on any atom is 0.316 e. The van der Waals surface area contributed by atoms with Gasteiger partial charge in [-0.05, 0) is 32.2 Å². The van der Waals surface area contributed by atoms with E-state index in [2.05, 4.69) is 25.3 Å². The van der Waals surface area contributed by atoms with E-state index in [0.717, 1.165) is 19.6 Å². The van der Waals surface area contributed by atoms with Gasteiger partial charge >= 0.3 is 11.1 Å². The van der Waals surface area contributed by atoms with Crippen LogP contribution >= 0.6 is 0 Å². The molecular weight excluding hydrogens is 336 g/mol. The number of hydrogen-bond donors (Lipinski definition) is 2. The summed E-state index contributed by atoms with van der Waals surface area (Å²) in [7, 11) is 2.03. The Kier molecular flexibility index (Phi) is 4.17. The highest BCUT2D eigenvalue weighted by atomic mass is 16.5. The number of piperazine rings is 1. The summed E-state index contributed by atoms with van der Waals surface area (Å²) in [5.74, 6) is 1.01. The molecule has 26 heavy (non-hydrogen) atoms. The number of nitrogens with zero attached hydrogens (tertiary/aromatic N) is 4. The standard InChI is InChI=1S/C17H20N6O3/c1-3-23-12-5-4-10(8-11(12)19-15(24)17(23)25)16-20-14(21-26-16)13-9-18-6-7-22(13)2/h4-5,8,13,18H,3,6-7,9H2,1-2H3,(H,19,24). The molecule has 0 saturated carbocycles. The lowest BCUT2D eigenvalue weighted by Gasteiger charge is -2.30. The average molecular weight is 356 g/mol. The lowest BCUT2D eigenvalue weighted by atomic mass is 10.1. The first kappa shape index (κ1) is 16.7. The molecule has 1 aromatic carbocycles. The molecule has 9 nitrogen and oxygen atoms in total. The van der Waals surface area contributed by atoms with Crippen LogP contribution in [0.15, 0.2) is 32.3 Å². The van der Waals surface area contributed by atoms with Crippen LogP contribution in [0.25, 0.3) is 22.5 Å². The molecule has 0 aliphatic carbocycles. The van der Waals surface area contributed by atoms with Gasteiger partial charge in [0.15, 0.2) is 5.82 Å². The summed E-state index contributed by atoms with van der Waals surface area (Å²) in [6, 6.07) is 5.41. The molecule has 9 heteroatoms. The monoisotopic (exact) mass is 356 g/mol. The van der Waals surface area contributed by atoms with Gasteiger partial charge in [0.1, 0.15) is 0 Å². The Morgan fingerprint density at radius 1 is 1.35 bits per heavy atom. The smallest absolute Gasteiger partial charge is 0.316 e. The largest absolute Gasteiger partial charge is 0.334 e. The number of aromatic amines is 1. The molecule has 0 spiro atoms. The molecule has 4 rings (SSSR count). The van der Waals surface area contributed by atoms with Gasteiger partial charge in [-0.1, -0.05) is 5.16 Å². The van der Waals surface area contributed by atoms with Gasteiger partial charge < -0.3 is 19.4 Å². The number of fused-ring (bicyclic) bond motifs is 1. The van der Waals surface area contributed by atoms with E-state index in [4.69, 9.17) is 4.52 Å². The number of aryl methyl sites for hydroxylation is 1. The van der Waals surface area contributed by atoms with Gasteiger partial charge in [-0.15, -0.1) is 0 Å². The van der Waals surface area contributed by atoms with Crippen molar-refractivity contribution in [3.8, 4) is 11.5 Å². The van der Waals surface area contributed by atoms with E-state index in [1.807, 2.05) is 20.0 Å². The molecule has 0 amide bonds. The predicted octanol–water partition coefficient (Wildman–Crippen LogP) is 0.336. The fourth-order valence-electron chi connectivity index (χ4n) is 3.31. The second-order valence-electron chi connectivity index (χ2n) is 6.39. The van der Waals surface area contributed by atoms with Crippen LogP contribution in [0.3, 0.4) is 0 Å². The minimum Gasteiger partial charge on any atom is -0.334 e. The summed E-state index contributed by atoms with van der Waals surface area (Å²) < 4.78 is 6.88. The fourth-order valence-corrected chi connectivity index (χ4v) is 3.31. The second kappa shape index (κ2) is 6.50. The maximum atomic E-state index is 11.9. The van der Waals surface area contributed by atoms with Crippen molar-refractivity contribution >= 4 is 11.0 Å². The average Bonchev–Trinajstić information content (AvgIpc) is 3.13. The third-order valence-corrected chi connectivity index (χ3v) is 4.79. The number of aromatic nitrogens is 4. The second-order valence-corrected chi connectivity index (χ2v) is 6.39. The number of benzene rings is 1. The molecule has 3 heterocycles. The first-order valence-corrected chi connectivity index (χ1v) is 8.60. The van der Waals surface area contributed by atoms with Crippen molar-refractivity contribution in [1.82, 2.24) is 29.9 Å². The van der Waals surface area contributed by atoms with Gasteiger partial charge in [0.05, 0.1) is 17.1 Å². The summed E-state index contributed by atoms with van der Waals surface area (Å²) in [5, 5.41) is 7.44. The highest BCUT2D eigenvalue weighted by Crippen LogP contribution is 2.24. The van der Waals surface area contributed by atoms with Crippen molar-refractivity contribution < 1.29 is 4.52 Å². The first-order valence-electron chi connectivity index (χ1n) is 8.60. The van der Waals surface area contributed by atoms with Crippen molar-refractivity contribution in [1.29, 1.82) is 0 Å². The van der Waals surface area contributed by atoms with Crippen LogP contribution in [-0.2, 0) is 6.54 Å². The lowest BCUT2D eigenvalue weighted by molar-refractivity contribution is 0.190. The van der Waals surface area contributed by atoms with Crippen molar-refractivity contribution in [3.05, 3.63) is 44.7 Å². The van der Waals surface area contributed by atoms with Crippen LogP contribution in [0.1, 0.15) is 18.8 Å². The van der Waals surface area contributed by atoms with Crippen LogP contribution < -0.4 is 16.4 Å². The summed E-state index contributed by atoms with van der Waals surface area (Å²) in [4.78, 5) is 33.1.